The number of para-hydroxylation sites is 2. The van der Waals surface area contributed by atoms with E-state index in [2.05, 4.69) is 10.3 Å². The average molecular weight is 368 g/mol. The Balaban J connectivity index is 1.82. The van der Waals surface area contributed by atoms with Gasteiger partial charge in [0, 0.05) is 39.6 Å². The minimum Gasteiger partial charge on any atom is -0.492 e. The van der Waals surface area contributed by atoms with Gasteiger partial charge in [-0.25, -0.2) is 4.79 Å². The molecular weight excluding hydrogens is 344 g/mol. The van der Waals surface area contributed by atoms with Gasteiger partial charge < -0.3 is 19.9 Å². The van der Waals surface area contributed by atoms with E-state index in [0.717, 1.165) is 11.1 Å². The molecule has 0 fully saturated rings. The molecular formula is C20H24N4O3. The van der Waals surface area contributed by atoms with Crippen LogP contribution < -0.4 is 10.1 Å². The largest absolute Gasteiger partial charge is 0.492 e. The minimum absolute atomic E-state index is 0.0406. The summed E-state index contributed by atoms with van der Waals surface area (Å²) in [5.74, 6) is 0.410. The van der Waals surface area contributed by atoms with Crippen molar-refractivity contribution in [3.63, 3.8) is 0 Å². The monoisotopic (exact) mass is 368 g/mol. The highest BCUT2D eigenvalue weighted by Gasteiger charge is 2.26. The standard InChI is InChI=1S/C20H24N4O3/c1-4-27-18-8-6-5-7-17(18)22-19(25)16-12-21-11-14-13-24(10-9-15(14)16)20(26)23(2)3/h5-8,11-12H,4,9-10,13H2,1-3H3,(H,22,25). The Morgan fingerprint density at radius 2 is 2.04 bits per heavy atom. The molecule has 2 aromatic rings. The van der Waals surface area contributed by atoms with Gasteiger partial charge in [-0.05, 0) is 36.6 Å². The van der Waals surface area contributed by atoms with E-state index in [1.807, 2.05) is 31.2 Å². The van der Waals surface area contributed by atoms with Gasteiger partial charge in [0.1, 0.15) is 5.75 Å². The molecule has 3 rings (SSSR count). The van der Waals surface area contributed by atoms with Crippen LogP contribution in [0.15, 0.2) is 36.7 Å². The number of hydrogen-bond acceptors (Lipinski definition) is 4. The number of nitrogens with zero attached hydrogens (tertiary/aromatic N) is 3. The molecule has 0 atom stereocenters. The molecule has 27 heavy (non-hydrogen) atoms. The van der Waals surface area contributed by atoms with Crippen molar-refractivity contribution in [3.8, 4) is 5.75 Å². The lowest BCUT2D eigenvalue weighted by Crippen LogP contribution is -2.42. The van der Waals surface area contributed by atoms with Gasteiger partial charge in [0.15, 0.2) is 0 Å². The summed E-state index contributed by atoms with van der Waals surface area (Å²) in [6, 6.07) is 7.30. The zero-order valence-electron chi connectivity index (χ0n) is 15.9. The number of carbonyl (C=O) groups is 2. The summed E-state index contributed by atoms with van der Waals surface area (Å²) in [7, 11) is 3.46. The lowest BCUT2D eigenvalue weighted by atomic mass is 9.96. The number of amides is 3. The second-order valence-corrected chi connectivity index (χ2v) is 6.56. The van der Waals surface area contributed by atoms with Gasteiger partial charge in [-0.15, -0.1) is 0 Å². The molecule has 0 bridgehead atoms. The van der Waals surface area contributed by atoms with Crippen molar-refractivity contribution in [1.82, 2.24) is 14.8 Å². The number of nitrogens with one attached hydrogen (secondary N) is 1. The molecule has 7 nitrogen and oxygen atoms in total. The molecule has 1 aromatic heterocycles. The number of pyridine rings is 1. The first kappa shape index (κ1) is 18.7. The molecule has 1 N–H and O–H groups in total. The van der Waals surface area contributed by atoms with Crippen molar-refractivity contribution in [2.45, 2.75) is 19.9 Å². The van der Waals surface area contributed by atoms with E-state index < -0.39 is 0 Å². The number of rotatable bonds is 4. The molecule has 0 saturated carbocycles. The number of aromatic nitrogens is 1. The smallest absolute Gasteiger partial charge is 0.319 e. The van der Waals surface area contributed by atoms with Crippen LogP contribution >= 0.6 is 0 Å². The number of anilines is 1. The van der Waals surface area contributed by atoms with Gasteiger partial charge in [-0.3, -0.25) is 9.78 Å². The molecule has 0 radical (unpaired) electrons. The molecule has 7 heteroatoms. The lowest BCUT2D eigenvalue weighted by molar-refractivity contribution is 0.102. The third-order valence-electron chi connectivity index (χ3n) is 4.47. The van der Waals surface area contributed by atoms with Crippen molar-refractivity contribution in [2.75, 3.05) is 32.6 Å². The number of urea groups is 1. The third-order valence-corrected chi connectivity index (χ3v) is 4.47. The molecule has 0 unspecified atom stereocenters. The molecule has 0 spiro atoms. The summed E-state index contributed by atoms with van der Waals surface area (Å²) >= 11 is 0. The Kier molecular flexibility index (Phi) is 5.59. The van der Waals surface area contributed by atoms with Crippen LogP contribution in [-0.2, 0) is 13.0 Å². The highest BCUT2D eigenvalue weighted by Crippen LogP contribution is 2.26. The second-order valence-electron chi connectivity index (χ2n) is 6.56. The van der Waals surface area contributed by atoms with E-state index in [1.54, 1.807) is 36.3 Å². The summed E-state index contributed by atoms with van der Waals surface area (Å²) in [6.45, 7) is 3.45. The van der Waals surface area contributed by atoms with Crippen LogP contribution in [0.3, 0.4) is 0 Å². The minimum atomic E-state index is -0.223. The van der Waals surface area contributed by atoms with E-state index in [9.17, 15) is 9.59 Å². The molecule has 0 aliphatic carbocycles. The van der Waals surface area contributed by atoms with Crippen molar-refractivity contribution >= 4 is 17.6 Å². The number of hydrogen-bond donors (Lipinski definition) is 1. The third kappa shape index (κ3) is 4.02. The van der Waals surface area contributed by atoms with Crippen molar-refractivity contribution in [1.29, 1.82) is 0 Å². The maximum atomic E-state index is 12.9. The maximum Gasteiger partial charge on any atom is 0.319 e. The number of fused-ring (bicyclic) bond motifs is 1. The zero-order valence-corrected chi connectivity index (χ0v) is 15.9. The maximum absolute atomic E-state index is 12.9. The molecule has 1 aliphatic rings. The summed E-state index contributed by atoms with van der Waals surface area (Å²) < 4.78 is 5.57. The normalized spacial score (nSPS) is 12.9. The van der Waals surface area contributed by atoms with Crippen LogP contribution in [0.25, 0.3) is 0 Å². The molecule has 0 saturated heterocycles. The molecule has 2 heterocycles. The van der Waals surface area contributed by atoms with Gasteiger partial charge in [-0.1, -0.05) is 12.1 Å². The molecule has 3 amide bonds. The first-order chi connectivity index (χ1) is 13.0. The number of benzene rings is 1. The molecule has 142 valence electrons. The Morgan fingerprint density at radius 1 is 1.26 bits per heavy atom. The fourth-order valence-electron chi connectivity index (χ4n) is 3.18. The van der Waals surface area contributed by atoms with Crippen LogP contribution in [0.5, 0.6) is 5.75 Å². The van der Waals surface area contributed by atoms with Crippen molar-refractivity contribution < 1.29 is 14.3 Å². The van der Waals surface area contributed by atoms with E-state index in [4.69, 9.17) is 4.74 Å². The van der Waals surface area contributed by atoms with Gasteiger partial charge in [0.05, 0.1) is 17.9 Å². The Hall–Kier alpha value is -3.09. The van der Waals surface area contributed by atoms with E-state index in [0.29, 0.717) is 43.1 Å². The van der Waals surface area contributed by atoms with Gasteiger partial charge in [0.25, 0.3) is 5.91 Å². The number of carbonyl (C=O) groups excluding carboxylic acids is 2. The Bertz CT molecular complexity index is 851. The molecule has 1 aromatic carbocycles. The summed E-state index contributed by atoms with van der Waals surface area (Å²) in [6.07, 6.45) is 3.93. The van der Waals surface area contributed by atoms with Crippen LogP contribution in [0.2, 0.25) is 0 Å². The quantitative estimate of drug-likeness (QED) is 0.900. The lowest BCUT2D eigenvalue weighted by Gasteiger charge is -2.31. The predicted molar refractivity (Wildman–Crippen MR) is 103 cm³/mol. The van der Waals surface area contributed by atoms with Crippen LogP contribution in [-0.4, -0.2) is 54.0 Å². The fraction of sp³-hybridized carbons (Fsp3) is 0.350. The van der Waals surface area contributed by atoms with Crippen LogP contribution in [0, 0.1) is 0 Å². The van der Waals surface area contributed by atoms with Crippen molar-refractivity contribution in [2.24, 2.45) is 0 Å². The Labute approximate surface area is 158 Å². The van der Waals surface area contributed by atoms with E-state index in [1.165, 1.54) is 0 Å². The van der Waals surface area contributed by atoms with Gasteiger partial charge in [-0.2, -0.15) is 0 Å². The Morgan fingerprint density at radius 3 is 2.78 bits per heavy atom. The molecule has 1 aliphatic heterocycles. The van der Waals surface area contributed by atoms with Gasteiger partial charge in [0.2, 0.25) is 0 Å². The highest BCUT2D eigenvalue weighted by atomic mass is 16.5. The highest BCUT2D eigenvalue weighted by molar-refractivity contribution is 6.06. The van der Waals surface area contributed by atoms with Gasteiger partial charge >= 0.3 is 6.03 Å². The average Bonchev–Trinajstić information content (AvgIpc) is 2.68. The summed E-state index contributed by atoms with van der Waals surface area (Å²) in [4.78, 5) is 32.6. The summed E-state index contributed by atoms with van der Waals surface area (Å²) in [5.41, 5.74) is 3.01. The SMILES string of the molecule is CCOc1ccccc1NC(=O)c1cncc2c1CCN(C(=O)N(C)C)C2. The van der Waals surface area contributed by atoms with Crippen LogP contribution in [0.4, 0.5) is 10.5 Å². The van der Waals surface area contributed by atoms with Crippen molar-refractivity contribution in [3.05, 3.63) is 53.3 Å². The predicted octanol–water partition coefficient (Wildman–Crippen LogP) is 2.77. The van der Waals surface area contributed by atoms with Crippen LogP contribution in [0.1, 0.15) is 28.4 Å². The number of ether oxygens (including phenoxy) is 1. The van der Waals surface area contributed by atoms with E-state index >= 15 is 0 Å². The zero-order chi connectivity index (χ0) is 19.4. The topological polar surface area (TPSA) is 74.8 Å². The first-order valence-corrected chi connectivity index (χ1v) is 8.96. The fourth-order valence-corrected chi connectivity index (χ4v) is 3.18. The first-order valence-electron chi connectivity index (χ1n) is 8.96. The van der Waals surface area contributed by atoms with E-state index in [-0.39, 0.29) is 11.9 Å². The second kappa shape index (κ2) is 8.07. The summed E-state index contributed by atoms with van der Waals surface area (Å²) in [5, 5.41) is 2.92.